The van der Waals surface area contributed by atoms with E-state index in [2.05, 4.69) is 17.0 Å². The quantitative estimate of drug-likeness (QED) is 0.296. The first-order valence-electron chi connectivity index (χ1n) is 13.8. The molecular formula is C33H34FNO3. The standard InChI is InChI=1S/C33H34FNO3/c34-25-10-16-31-30(22-25)29-14-9-24-21-26(36)11-15-28(24)32(29)33(38-31)23-7-12-27(13-8-23)37-20-19-35-17-5-3-1-2-4-6-18-35/h7-16,21-22,33,36H,1-6,17-20H2. The third-order valence-electron chi connectivity index (χ3n) is 7.84. The molecule has 1 unspecified atom stereocenters. The van der Waals surface area contributed by atoms with E-state index in [1.807, 2.05) is 30.3 Å². The van der Waals surface area contributed by atoms with Gasteiger partial charge in [-0.25, -0.2) is 4.39 Å². The molecule has 1 N–H and O–H groups in total. The summed E-state index contributed by atoms with van der Waals surface area (Å²) >= 11 is 0. The molecule has 5 heteroatoms. The minimum absolute atomic E-state index is 0.213. The summed E-state index contributed by atoms with van der Waals surface area (Å²) in [5, 5.41) is 11.9. The lowest BCUT2D eigenvalue weighted by Gasteiger charge is -2.30. The van der Waals surface area contributed by atoms with Crippen molar-refractivity contribution in [3.63, 3.8) is 0 Å². The van der Waals surface area contributed by atoms with E-state index in [9.17, 15) is 9.50 Å². The normalized spacial score (nSPS) is 18.0. The maximum absolute atomic E-state index is 14.2. The van der Waals surface area contributed by atoms with Crippen LogP contribution in [0.5, 0.6) is 17.2 Å². The molecule has 6 rings (SSSR count). The summed E-state index contributed by atoms with van der Waals surface area (Å²) in [4.78, 5) is 2.54. The predicted octanol–water partition coefficient (Wildman–Crippen LogP) is 7.87. The van der Waals surface area contributed by atoms with Gasteiger partial charge in [0, 0.05) is 17.7 Å². The Balaban J connectivity index is 1.24. The zero-order valence-corrected chi connectivity index (χ0v) is 21.7. The smallest absolute Gasteiger partial charge is 0.150 e. The number of aromatic hydroxyl groups is 1. The van der Waals surface area contributed by atoms with Gasteiger partial charge in [-0.2, -0.15) is 0 Å². The summed E-state index contributed by atoms with van der Waals surface area (Å²) in [5.41, 5.74) is 3.65. The molecule has 2 aliphatic heterocycles. The van der Waals surface area contributed by atoms with Crippen LogP contribution in [-0.4, -0.2) is 36.2 Å². The van der Waals surface area contributed by atoms with E-state index < -0.39 is 0 Å². The Labute approximate surface area is 223 Å². The van der Waals surface area contributed by atoms with Crippen LogP contribution in [0.3, 0.4) is 0 Å². The highest BCUT2D eigenvalue weighted by Crippen LogP contribution is 2.48. The Bertz CT molecular complexity index is 1410. The van der Waals surface area contributed by atoms with Crippen LogP contribution in [0.2, 0.25) is 0 Å². The highest BCUT2D eigenvalue weighted by atomic mass is 19.1. The number of phenols is 1. The molecule has 2 aliphatic rings. The van der Waals surface area contributed by atoms with E-state index in [0.29, 0.717) is 12.4 Å². The summed E-state index contributed by atoms with van der Waals surface area (Å²) < 4.78 is 26.8. The highest BCUT2D eigenvalue weighted by Gasteiger charge is 2.29. The number of ether oxygens (including phenoxy) is 2. The lowest BCUT2D eigenvalue weighted by molar-refractivity contribution is 0.206. The zero-order chi connectivity index (χ0) is 25.9. The van der Waals surface area contributed by atoms with Gasteiger partial charge < -0.3 is 14.6 Å². The van der Waals surface area contributed by atoms with Crippen LogP contribution in [-0.2, 0) is 0 Å². The van der Waals surface area contributed by atoms with Crippen molar-refractivity contribution in [3.05, 3.63) is 89.7 Å². The lowest BCUT2D eigenvalue weighted by Crippen LogP contribution is -2.30. The minimum Gasteiger partial charge on any atom is -0.508 e. The number of halogens is 1. The van der Waals surface area contributed by atoms with Crippen LogP contribution in [0.4, 0.5) is 4.39 Å². The number of nitrogens with zero attached hydrogens (tertiary/aromatic N) is 1. The van der Waals surface area contributed by atoms with Crippen LogP contribution in [0.25, 0.3) is 21.9 Å². The maximum Gasteiger partial charge on any atom is 0.150 e. The first kappa shape index (κ1) is 24.7. The van der Waals surface area contributed by atoms with Gasteiger partial charge in [-0.15, -0.1) is 0 Å². The van der Waals surface area contributed by atoms with Crippen molar-refractivity contribution >= 4 is 10.8 Å². The molecule has 0 aromatic heterocycles. The fraction of sp³-hybridized carbons (Fsp3) is 0.333. The van der Waals surface area contributed by atoms with Crippen LogP contribution >= 0.6 is 0 Å². The summed E-state index contributed by atoms with van der Waals surface area (Å²) in [7, 11) is 0. The Morgan fingerprint density at radius 3 is 2.37 bits per heavy atom. The van der Waals surface area contributed by atoms with Crippen molar-refractivity contribution < 1.29 is 19.0 Å². The van der Waals surface area contributed by atoms with Gasteiger partial charge in [-0.05, 0) is 90.3 Å². The fourth-order valence-electron chi connectivity index (χ4n) is 5.84. The SMILES string of the molecule is Oc1ccc2c3c(ccc2c1)-c1cc(F)ccc1OC3c1ccc(OCCN2CCCCCCCC2)cc1. The molecule has 4 nitrogen and oxygen atoms in total. The van der Waals surface area contributed by atoms with Gasteiger partial charge in [-0.3, -0.25) is 4.90 Å². The van der Waals surface area contributed by atoms with E-state index in [1.54, 1.807) is 18.2 Å². The van der Waals surface area contributed by atoms with Gasteiger partial charge >= 0.3 is 0 Å². The van der Waals surface area contributed by atoms with Crippen LogP contribution < -0.4 is 9.47 Å². The lowest BCUT2D eigenvalue weighted by atomic mass is 9.86. The highest BCUT2D eigenvalue weighted by molar-refractivity contribution is 5.95. The number of benzene rings is 4. The average molecular weight is 512 g/mol. The van der Waals surface area contributed by atoms with Crippen molar-refractivity contribution in [2.45, 2.75) is 44.6 Å². The molecular weight excluding hydrogens is 477 g/mol. The predicted molar refractivity (Wildman–Crippen MR) is 150 cm³/mol. The third kappa shape index (κ3) is 5.21. The van der Waals surface area contributed by atoms with Gasteiger partial charge in [0.15, 0.2) is 6.10 Å². The summed E-state index contributed by atoms with van der Waals surface area (Å²) in [6, 6.07) is 22.1. The molecule has 0 saturated carbocycles. The molecule has 0 aliphatic carbocycles. The molecule has 0 bridgehead atoms. The zero-order valence-electron chi connectivity index (χ0n) is 21.7. The second kappa shape index (κ2) is 11.0. The second-order valence-electron chi connectivity index (χ2n) is 10.5. The van der Waals surface area contributed by atoms with Crippen molar-refractivity contribution in [2.24, 2.45) is 0 Å². The van der Waals surface area contributed by atoms with Gasteiger partial charge in [0.1, 0.15) is 29.7 Å². The molecule has 0 spiro atoms. The Hall–Kier alpha value is -3.57. The monoisotopic (exact) mass is 511 g/mol. The third-order valence-corrected chi connectivity index (χ3v) is 7.84. The molecule has 0 amide bonds. The van der Waals surface area contributed by atoms with E-state index in [1.165, 1.54) is 50.7 Å². The molecule has 196 valence electrons. The molecule has 4 aromatic rings. The summed E-state index contributed by atoms with van der Waals surface area (Å²) in [6.07, 6.45) is 7.60. The summed E-state index contributed by atoms with van der Waals surface area (Å²) in [5.74, 6) is 1.42. The van der Waals surface area contributed by atoms with Gasteiger partial charge in [0.2, 0.25) is 0 Å². The largest absolute Gasteiger partial charge is 0.508 e. The molecule has 2 heterocycles. The van der Waals surface area contributed by atoms with E-state index in [-0.39, 0.29) is 17.7 Å². The fourth-order valence-corrected chi connectivity index (χ4v) is 5.84. The Kier molecular flexibility index (Phi) is 7.19. The molecule has 1 saturated heterocycles. The second-order valence-corrected chi connectivity index (χ2v) is 10.5. The van der Waals surface area contributed by atoms with Gasteiger partial charge in [0.05, 0.1) is 0 Å². The number of phenolic OH excluding ortho intramolecular Hbond substituents is 1. The number of rotatable bonds is 5. The van der Waals surface area contributed by atoms with Crippen molar-refractivity contribution in [3.8, 4) is 28.4 Å². The van der Waals surface area contributed by atoms with Crippen LogP contribution in [0, 0.1) is 5.82 Å². The Morgan fingerprint density at radius 1 is 0.816 bits per heavy atom. The number of hydrogen-bond acceptors (Lipinski definition) is 4. The van der Waals surface area contributed by atoms with E-state index in [4.69, 9.17) is 9.47 Å². The molecule has 0 radical (unpaired) electrons. The first-order chi connectivity index (χ1) is 18.7. The molecule has 4 aromatic carbocycles. The van der Waals surface area contributed by atoms with Gasteiger partial charge in [0.25, 0.3) is 0 Å². The van der Waals surface area contributed by atoms with E-state index >= 15 is 0 Å². The minimum atomic E-state index is -0.366. The average Bonchev–Trinajstić information content (AvgIpc) is 3.07. The number of fused-ring (bicyclic) bond motifs is 5. The van der Waals surface area contributed by atoms with Crippen LogP contribution in [0.15, 0.2) is 72.8 Å². The number of hydrogen-bond donors (Lipinski definition) is 1. The van der Waals surface area contributed by atoms with Crippen molar-refractivity contribution in [1.29, 1.82) is 0 Å². The first-order valence-corrected chi connectivity index (χ1v) is 13.8. The topological polar surface area (TPSA) is 41.9 Å². The van der Waals surface area contributed by atoms with Gasteiger partial charge in [-0.1, -0.05) is 56.0 Å². The van der Waals surface area contributed by atoms with Crippen molar-refractivity contribution in [1.82, 2.24) is 4.90 Å². The Morgan fingerprint density at radius 2 is 1.58 bits per heavy atom. The molecule has 1 fully saturated rings. The molecule has 38 heavy (non-hydrogen) atoms. The maximum atomic E-state index is 14.2. The molecule has 1 atom stereocenters. The van der Waals surface area contributed by atoms with Crippen molar-refractivity contribution in [2.75, 3.05) is 26.2 Å². The van der Waals surface area contributed by atoms with E-state index in [0.717, 1.165) is 58.4 Å². The summed E-state index contributed by atoms with van der Waals surface area (Å²) in [6.45, 7) is 3.96. The van der Waals surface area contributed by atoms with Crippen LogP contribution in [0.1, 0.15) is 55.8 Å².